The van der Waals surface area contributed by atoms with Gasteiger partial charge in [0.15, 0.2) is 6.61 Å². The molecular formula is C26H33N3O5S. The van der Waals surface area contributed by atoms with Gasteiger partial charge in [0.1, 0.15) is 5.75 Å². The van der Waals surface area contributed by atoms with Crippen molar-refractivity contribution in [2.75, 3.05) is 6.61 Å². The van der Waals surface area contributed by atoms with E-state index in [0.29, 0.717) is 11.3 Å². The zero-order valence-corrected chi connectivity index (χ0v) is 21.0. The molecule has 2 unspecified atom stereocenters. The van der Waals surface area contributed by atoms with Gasteiger partial charge in [0.05, 0.1) is 4.90 Å². The number of nitrogens with one attached hydrogen (secondary N) is 2. The van der Waals surface area contributed by atoms with Crippen LogP contribution in [-0.4, -0.2) is 49.9 Å². The van der Waals surface area contributed by atoms with Gasteiger partial charge in [0, 0.05) is 30.2 Å². The number of carbonyl (C=O) groups is 2. The molecule has 0 radical (unpaired) electrons. The fraction of sp³-hybridized carbons (Fsp3) is 0.462. The lowest BCUT2D eigenvalue weighted by Crippen LogP contribution is -2.49. The van der Waals surface area contributed by atoms with Gasteiger partial charge < -0.3 is 15.0 Å². The van der Waals surface area contributed by atoms with Crippen molar-refractivity contribution in [2.45, 2.75) is 75.5 Å². The number of benzene rings is 2. The number of piperidine rings is 1. The van der Waals surface area contributed by atoms with Crippen molar-refractivity contribution in [1.29, 1.82) is 0 Å². The van der Waals surface area contributed by atoms with E-state index in [1.165, 1.54) is 0 Å². The predicted octanol–water partition coefficient (Wildman–Crippen LogP) is 3.23. The number of hydrogen-bond acceptors (Lipinski definition) is 5. The number of likely N-dealkylation sites (tertiary alicyclic amines) is 1. The van der Waals surface area contributed by atoms with E-state index in [2.05, 4.69) is 23.9 Å². The van der Waals surface area contributed by atoms with Crippen molar-refractivity contribution in [3.8, 4) is 5.75 Å². The average molecular weight is 500 g/mol. The molecule has 35 heavy (non-hydrogen) atoms. The van der Waals surface area contributed by atoms with Crippen LogP contribution in [-0.2, 0) is 21.4 Å². The Labute approximate surface area is 207 Å². The summed E-state index contributed by atoms with van der Waals surface area (Å²) in [4.78, 5) is 27.3. The van der Waals surface area contributed by atoms with Crippen LogP contribution in [0.1, 0.15) is 61.9 Å². The molecule has 2 amide bonds. The maximum absolute atomic E-state index is 12.6. The van der Waals surface area contributed by atoms with Crippen molar-refractivity contribution in [2.24, 2.45) is 0 Å². The summed E-state index contributed by atoms with van der Waals surface area (Å²) in [5, 5.41) is 2.83. The maximum Gasteiger partial charge on any atom is 0.260 e. The first-order valence-electron chi connectivity index (χ1n) is 12.2. The molecule has 1 aliphatic heterocycles. The number of nitrogens with zero attached hydrogens (tertiary/aromatic N) is 1. The van der Waals surface area contributed by atoms with E-state index in [0.717, 1.165) is 37.7 Å². The van der Waals surface area contributed by atoms with Crippen molar-refractivity contribution in [3.05, 3.63) is 59.7 Å². The normalized spacial score (nSPS) is 20.3. The highest BCUT2D eigenvalue weighted by Crippen LogP contribution is 2.23. The van der Waals surface area contributed by atoms with Gasteiger partial charge in [-0.3, -0.25) is 9.59 Å². The van der Waals surface area contributed by atoms with Crippen molar-refractivity contribution in [1.82, 2.24) is 14.9 Å². The molecule has 2 atom stereocenters. The number of ether oxygens (including phenoxy) is 1. The van der Waals surface area contributed by atoms with E-state index in [9.17, 15) is 18.0 Å². The van der Waals surface area contributed by atoms with Gasteiger partial charge in [-0.1, -0.05) is 12.1 Å². The van der Waals surface area contributed by atoms with Crippen LogP contribution < -0.4 is 14.8 Å². The Morgan fingerprint density at radius 3 is 2.17 bits per heavy atom. The number of amides is 2. The highest BCUT2D eigenvalue weighted by molar-refractivity contribution is 7.89. The number of carbonyl (C=O) groups excluding carboxylic acids is 2. The SMILES string of the molecule is CC1CCCC(C)N1C(=O)COc1ccc(C(=O)NCc2ccc(S(=O)(=O)NC3CC3)cc2)cc1. The molecule has 2 aliphatic rings. The Hall–Kier alpha value is -2.91. The van der Waals surface area contributed by atoms with E-state index in [1.54, 1.807) is 48.5 Å². The van der Waals surface area contributed by atoms with Gasteiger partial charge in [-0.25, -0.2) is 13.1 Å². The monoisotopic (exact) mass is 499 g/mol. The molecule has 0 spiro atoms. The first kappa shape index (κ1) is 25.2. The van der Waals surface area contributed by atoms with Gasteiger partial charge in [0.2, 0.25) is 10.0 Å². The van der Waals surface area contributed by atoms with Crippen LogP contribution in [0.5, 0.6) is 5.75 Å². The molecule has 0 bridgehead atoms. The number of hydrogen-bond donors (Lipinski definition) is 2. The third-order valence-electron chi connectivity index (χ3n) is 6.55. The number of sulfonamides is 1. The van der Waals surface area contributed by atoms with Crippen LogP contribution in [0, 0.1) is 0 Å². The average Bonchev–Trinajstić information content (AvgIpc) is 3.65. The van der Waals surface area contributed by atoms with Gasteiger partial charge in [0.25, 0.3) is 11.8 Å². The minimum absolute atomic E-state index is 0.0198. The van der Waals surface area contributed by atoms with Crippen LogP contribution in [0.4, 0.5) is 0 Å². The third-order valence-corrected chi connectivity index (χ3v) is 8.08. The molecule has 2 fully saturated rings. The second-order valence-corrected chi connectivity index (χ2v) is 11.2. The molecule has 188 valence electrons. The largest absolute Gasteiger partial charge is 0.484 e. The lowest BCUT2D eigenvalue weighted by Gasteiger charge is -2.38. The lowest BCUT2D eigenvalue weighted by molar-refractivity contribution is -0.139. The first-order valence-corrected chi connectivity index (χ1v) is 13.6. The van der Waals surface area contributed by atoms with E-state index in [1.807, 2.05) is 4.90 Å². The fourth-order valence-corrected chi connectivity index (χ4v) is 5.70. The van der Waals surface area contributed by atoms with Gasteiger partial charge in [-0.05, 0) is 87.9 Å². The summed E-state index contributed by atoms with van der Waals surface area (Å²) in [6, 6.07) is 13.6. The van der Waals surface area contributed by atoms with Crippen molar-refractivity contribution in [3.63, 3.8) is 0 Å². The second-order valence-electron chi connectivity index (χ2n) is 9.47. The summed E-state index contributed by atoms with van der Waals surface area (Å²) in [6.45, 7) is 4.39. The summed E-state index contributed by atoms with van der Waals surface area (Å²) in [5.74, 6) is 0.258. The molecule has 1 saturated carbocycles. The van der Waals surface area contributed by atoms with Gasteiger partial charge in [-0.2, -0.15) is 0 Å². The summed E-state index contributed by atoms with van der Waals surface area (Å²) < 4.78 is 32.8. The Morgan fingerprint density at radius 2 is 1.57 bits per heavy atom. The summed E-state index contributed by atoms with van der Waals surface area (Å²) in [5.41, 5.74) is 1.26. The Kier molecular flexibility index (Phi) is 7.76. The van der Waals surface area contributed by atoms with Crippen LogP contribution >= 0.6 is 0 Å². The predicted molar refractivity (Wildman–Crippen MR) is 133 cm³/mol. The quantitative estimate of drug-likeness (QED) is 0.551. The van der Waals surface area contributed by atoms with Gasteiger partial charge in [-0.15, -0.1) is 0 Å². The van der Waals surface area contributed by atoms with Crippen molar-refractivity contribution >= 4 is 21.8 Å². The molecule has 0 aromatic heterocycles. The summed E-state index contributed by atoms with van der Waals surface area (Å²) in [7, 11) is -3.49. The highest BCUT2D eigenvalue weighted by Gasteiger charge is 2.29. The smallest absolute Gasteiger partial charge is 0.260 e. The molecule has 9 heteroatoms. The van der Waals surface area contributed by atoms with Crippen LogP contribution in [0.3, 0.4) is 0 Å². The molecular weight excluding hydrogens is 466 g/mol. The number of rotatable bonds is 9. The molecule has 2 aromatic carbocycles. The minimum Gasteiger partial charge on any atom is -0.484 e. The van der Waals surface area contributed by atoms with Crippen LogP contribution in [0.25, 0.3) is 0 Å². The molecule has 2 N–H and O–H groups in total. The second kappa shape index (κ2) is 10.8. The zero-order valence-electron chi connectivity index (χ0n) is 20.2. The molecule has 1 saturated heterocycles. The standard InChI is InChI=1S/C26H33N3O5S/c1-18-4-3-5-19(2)29(18)25(30)17-34-23-12-8-21(9-13-23)26(31)27-16-20-6-14-24(15-7-20)35(32,33)28-22-10-11-22/h6-9,12-15,18-19,22,28H,3-5,10-11,16-17H2,1-2H3,(H,27,31). The molecule has 8 nitrogen and oxygen atoms in total. The van der Waals surface area contributed by atoms with Crippen LogP contribution in [0.2, 0.25) is 0 Å². The van der Waals surface area contributed by atoms with E-state index >= 15 is 0 Å². The third kappa shape index (κ3) is 6.61. The lowest BCUT2D eigenvalue weighted by atomic mass is 9.97. The fourth-order valence-electron chi connectivity index (χ4n) is 4.39. The van der Waals surface area contributed by atoms with E-state index in [-0.39, 0.29) is 48.0 Å². The minimum atomic E-state index is -3.49. The maximum atomic E-state index is 12.6. The van der Waals surface area contributed by atoms with E-state index < -0.39 is 10.0 Å². The Balaban J connectivity index is 1.25. The van der Waals surface area contributed by atoms with Crippen molar-refractivity contribution < 1.29 is 22.7 Å². The first-order chi connectivity index (χ1) is 16.7. The summed E-state index contributed by atoms with van der Waals surface area (Å²) in [6.07, 6.45) is 4.93. The Morgan fingerprint density at radius 1 is 0.943 bits per heavy atom. The van der Waals surface area contributed by atoms with E-state index in [4.69, 9.17) is 4.74 Å². The molecule has 4 rings (SSSR count). The van der Waals surface area contributed by atoms with Gasteiger partial charge >= 0.3 is 0 Å². The molecule has 1 aliphatic carbocycles. The zero-order chi connectivity index (χ0) is 25.0. The van der Waals surface area contributed by atoms with Crippen LogP contribution in [0.15, 0.2) is 53.4 Å². The molecule has 2 aromatic rings. The highest BCUT2D eigenvalue weighted by atomic mass is 32.2. The molecule has 1 heterocycles. The Bertz CT molecular complexity index is 1130. The topological polar surface area (TPSA) is 105 Å². The summed E-state index contributed by atoms with van der Waals surface area (Å²) >= 11 is 0.